The third kappa shape index (κ3) is 4.77. The monoisotopic (exact) mass is 339 g/mol. The Bertz CT molecular complexity index is 640. The Morgan fingerprint density at radius 2 is 1.96 bits per heavy atom. The van der Waals surface area contributed by atoms with Crippen molar-refractivity contribution in [1.29, 1.82) is 0 Å². The van der Waals surface area contributed by atoms with Gasteiger partial charge in [0.2, 0.25) is 0 Å². The molecule has 2 aromatic rings. The molecule has 2 rings (SSSR count). The highest BCUT2D eigenvalue weighted by molar-refractivity contribution is 6.30. The Morgan fingerprint density at radius 1 is 1.30 bits per heavy atom. The molecule has 0 fully saturated rings. The highest BCUT2D eigenvalue weighted by atomic mass is 35.5. The van der Waals surface area contributed by atoms with Gasteiger partial charge in [-0.15, -0.1) is 0 Å². The second-order valence-electron chi connectivity index (χ2n) is 6.06. The molecule has 0 aliphatic carbocycles. The number of nitrogens with one attached hydrogen (secondary N) is 1. The highest BCUT2D eigenvalue weighted by Gasteiger charge is 2.15. The molecule has 0 radical (unpaired) electrons. The summed E-state index contributed by atoms with van der Waals surface area (Å²) < 4.78 is 14.6. The summed E-state index contributed by atoms with van der Waals surface area (Å²) in [6.07, 6.45) is 0.465. The quantitative estimate of drug-likeness (QED) is 0.812. The molecular weight excluding hydrogens is 317 g/mol. The maximum atomic E-state index is 13.0. The van der Waals surface area contributed by atoms with Gasteiger partial charge in [-0.05, 0) is 57.0 Å². The fraction of sp³-hybridized carbons (Fsp3) is 0.471. The molecule has 2 unspecified atom stereocenters. The third-order valence-electron chi connectivity index (χ3n) is 3.73. The van der Waals surface area contributed by atoms with Crippen LogP contribution in [-0.2, 0) is 6.54 Å². The fourth-order valence-electron chi connectivity index (χ4n) is 2.59. The van der Waals surface area contributed by atoms with Crippen LogP contribution in [0.25, 0.3) is 5.69 Å². The zero-order valence-electron chi connectivity index (χ0n) is 13.7. The lowest BCUT2D eigenvalue weighted by Crippen LogP contribution is -2.23. The molecule has 0 saturated heterocycles. The van der Waals surface area contributed by atoms with Crippen molar-refractivity contribution in [2.24, 2.45) is 5.92 Å². The predicted octanol–water partition coefficient (Wildman–Crippen LogP) is 3.47. The Balaban J connectivity index is 2.05. The molecule has 0 aliphatic rings. The molecule has 0 amide bonds. The van der Waals surface area contributed by atoms with Gasteiger partial charge in [-0.2, -0.15) is 5.10 Å². The second-order valence-corrected chi connectivity index (χ2v) is 6.42. The molecule has 126 valence electrons. The van der Waals surface area contributed by atoms with Gasteiger partial charge in [0, 0.05) is 12.1 Å². The molecule has 6 heteroatoms. The zero-order chi connectivity index (χ0) is 17.0. The van der Waals surface area contributed by atoms with Gasteiger partial charge < -0.3 is 10.4 Å². The van der Waals surface area contributed by atoms with Gasteiger partial charge in [0.25, 0.3) is 0 Å². The lowest BCUT2D eigenvalue weighted by atomic mass is 10.0. The molecule has 1 aromatic carbocycles. The van der Waals surface area contributed by atoms with Crippen molar-refractivity contribution in [3.8, 4) is 5.69 Å². The van der Waals surface area contributed by atoms with Crippen LogP contribution in [0.3, 0.4) is 0 Å². The summed E-state index contributed by atoms with van der Waals surface area (Å²) in [5.41, 5.74) is 2.50. The molecular formula is C17H23ClFN3O. The van der Waals surface area contributed by atoms with Crippen molar-refractivity contribution in [2.75, 3.05) is 6.54 Å². The van der Waals surface area contributed by atoms with Gasteiger partial charge in [0.05, 0.1) is 17.5 Å². The third-order valence-corrected chi connectivity index (χ3v) is 4.12. The van der Waals surface area contributed by atoms with Gasteiger partial charge in [0.1, 0.15) is 11.0 Å². The average Bonchev–Trinajstić information content (AvgIpc) is 2.75. The minimum Gasteiger partial charge on any atom is -0.393 e. The number of rotatable bonds is 7. The SMILES string of the molecule is Cc1nn(-c2ccc(F)cc2)c(Cl)c1CNCC(C)CC(C)O. The van der Waals surface area contributed by atoms with Gasteiger partial charge >= 0.3 is 0 Å². The van der Waals surface area contributed by atoms with Crippen molar-refractivity contribution < 1.29 is 9.50 Å². The van der Waals surface area contributed by atoms with Crippen molar-refractivity contribution >= 4 is 11.6 Å². The molecule has 0 saturated carbocycles. The first-order valence-corrected chi connectivity index (χ1v) is 8.15. The van der Waals surface area contributed by atoms with Crippen LogP contribution in [0.15, 0.2) is 24.3 Å². The van der Waals surface area contributed by atoms with E-state index in [0.717, 1.165) is 29.9 Å². The van der Waals surface area contributed by atoms with E-state index < -0.39 is 0 Å². The number of aliphatic hydroxyl groups excluding tert-OH is 1. The van der Waals surface area contributed by atoms with Crippen LogP contribution in [0, 0.1) is 18.7 Å². The van der Waals surface area contributed by atoms with E-state index in [1.54, 1.807) is 23.7 Å². The number of aryl methyl sites for hydroxylation is 1. The summed E-state index contributed by atoms with van der Waals surface area (Å²) in [5.74, 6) is 0.0870. The number of benzene rings is 1. The minimum atomic E-state index is -0.293. The van der Waals surface area contributed by atoms with Crippen LogP contribution in [0.5, 0.6) is 0 Å². The first-order valence-electron chi connectivity index (χ1n) is 7.77. The summed E-state index contributed by atoms with van der Waals surface area (Å²) in [5, 5.41) is 17.7. The van der Waals surface area contributed by atoms with Crippen LogP contribution in [0.1, 0.15) is 31.5 Å². The van der Waals surface area contributed by atoms with E-state index >= 15 is 0 Å². The maximum Gasteiger partial charge on any atom is 0.137 e. The molecule has 4 nitrogen and oxygen atoms in total. The number of hydrogen-bond donors (Lipinski definition) is 2. The lowest BCUT2D eigenvalue weighted by molar-refractivity contribution is 0.163. The second kappa shape index (κ2) is 7.90. The number of aliphatic hydroxyl groups is 1. The zero-order valence-corrected chi connectivity index (χ0v) is 14.4. The topological polar surface area (TPSA) is 50.1 Å². The Hall–Kier alpha value is -1.43. The Labute approximate surface area is 141 Å². The van der Waals surface area contributed by atoms with Gasteiger partial charge in [0.15, 0.2) is 0 Å². The molecule has 1 aromatic heterocycles. The van der Waals surface area contributed by atoms with Crippen molar-refractivity contribution in [3.05, 3.63) is 46.5 Å². The Morgan fingerprint density at radius 3 is 2.57 bits per heavy atom. The van der Waals surface area contributed by atoms with E-state index in [1.807, 2.05) is 6.92 Å². The molecule has 2 atom stereocenters. The van der Waals surface area contributed by atoms with E-state index in [9.17, 15) is 9.50 Å². The number of nitrogens with zero attached hydrogens (tertiary/aromatic N) is 2. The largest absolute Gasteiger partial charge is 0.393 e. The normalized spacial score (nSPS) is 14.0. The smallest absolute Gasteiger partial charge is 0.137 e. The van der Waals surface area contributed by atoms with Gasteiger partial charge in [-0.3, -0.25) is 0 Å². The first-order chi connectivity index (χ1) is 10.9. The number of hydrogen-bond acceptors (Lipinski definition) is 3. The average molecular weight is 340 g/mol. The number of aromatic nitrogens is 2. The summed E-state index contributed by atoms with van der Waals surface area (Å²) in [7, 11) is 0. The van der Waals surface area contributed by atoms with E-state index in [1.165, 1.54) is 12.1 Å². The van der Waals surface area contributed by atoms with Gasteiger partial charge in [-0.1, -0.05) is 18.5 Å². The molecule has 0 bridgehead atoms. The minimum absolute atomic E-state index is 0.289. The van der Waals surface area contributed by atoms with Gasteiger partial charge in [-0.25, -0.2) is 9.07 Å². The fourth-order valence-corrected chi connectivity index (χ4v) is 2.93. The molecule has 23 heavy (non-hydrogen) atoms. The van der Waals surface area contributed by atoms with Crippen LogP contribution in [0.4, 0.5) is 4.39 Å². The van der Waals surface area contributed by atoms with E-state index in [4.69, 9.17) is 11.6 Å². The highest BCUT2D eigenvalue weighted by Crippen LogP contribution is 2.23. The molecule has 1 heterocycles. The van der Waals surface area contributed by atoms with Crippen LogP contribution in [-0.4, -0.2) is 27.5 Å². The van der Waals surface area contributed by atoms with Crippen molar-refractivity contribution in [2.45, 2.75) is 39.8 Å². The first kappa shape index (κ1) is 17.9. The molecule has 0 aliphatic heterocycles. The standard InChI is InChI=1S/C17H23ClFN3O/c1-11(8-12(2)23)9-20-10-16-13(3)21-22(17(16)18)15-6-4-14(19)5-7-15/h4-7,11-12,20,23H,8-10H2,1-3H3. The van der Waals surface area contributed by atoms with Crippen LogP contribution >= 0.6 is 11.6 Å². The van der Waals surface area contributed by atoms with E-state index in [0.29, 0.717) is 17.6 Å². The molecule has 2 N–H and O–H groups in total. The number of halogens is 2. The van der Waals surface area contributed by atoms with E-state index in [-0.39, 0.29) is 11.9 Å². The predicted molar refractivity (Wildman–Crippen MR) is 90.4 cm³/mol. The van der Waals surface area contributed by atoms with Crippen molar-refractivity contribution in [1.82, 2.24) is 15.1 Å². The Kier molecular flexibility index (Phi) is 6.16. The summed E-state index contributed by atoms with van der Waals surface area (Å²) in [6, 6.07) is 6.07. The van der Waals surface area contributed by atoms with Crippen LogP contribution in [0.2, 0.25) is 5.15 Å². The summed E-state index contributed by atoms with van der Waals surface area (Å²) in [6.45, 7) is 7.20. The maximum absolute atomic E-state index is 13.0. The summed E-state index contributed by atoms with van der Waals surface area (Å²) >= 11 is 6.43. The van der Waals surface area contributed by atoms with E-state index in [2.05, 4.69) is 17.3 Å². The lowest BCUT2D eigenvalue weighted by Gasteiger charge is -2.14. The molecule has 0 spiro atoms. The van der Waals surface area contributed by atoms with Crippen molar-refractivity contribution in [3.63, 3.8) is 0 Å². The van der Waals surface area contributed by atoms with Crippen LogP contribution < -0.4 is 5.32 Å². The summed E-state index contributed by atoms with van der Waals surface area (Å²) in [4.78, 5) is 0.